The second kappa shape index (κ2) is 1.58. The number of nitrogens with two attached hydrogens (primary N) is 1. The average Bonchev–Trinajstić information content (AvgIpc) is 1.31. The van der Waals surface area contributed by atoms with E-state index in [1.54, 1.807) is 6.61 Å². The summed E-state index contributed by atoms with van der Waals surface area (Å²) in [6, 6.07) is 0. The predicted molar refractivity (Wildman–Crippen MR) is 22.8 cm³/mol. The molecule has 0 aromatic rings. The Kier molecular flexibility index (Phi) is 1.08. The molecule has 35 valence electrons. The topological polar surface area (TPSA) is 35.2 Å². The lowest BCUT2D eigenvalue weighted by atomic mass is 10.1. The fourth-order valence-electron chi connectivity index (χ4n) is 0.356. The van der Waals surface area contributed by atoms with Gasteiger partial charge in [-0.1, -0.05) is 0 Å². The highest BCUT2D eigenvalue weighted by Gasteiger charge is 2.15. The van der Waals surface area contributed by atoms with Crippen LogP contribution in [0.2, 0.25) is 0 Å². The minimum absolute atomic E-state index is 0.546. The number of hydrogen-bond donors (Lipinski definition) is 1. The standard InChI is InChI=1S/C4H8NO/c5-1-4-2-6-3-4/h2,4H,1,3,5H2. The van der Waals surface area contributed by atoms with Gasteiger partial charge in [-0.25, -0.2) is 0 Å². The molecule has 0 spiro atoms. The highest BCUT2D eigenvalue weighted by Crippen LogP contribution is 2.11. The summed E-state index contributed by atoms with van der Waals surface area (Å²) in [5.74, 6) is 0.546. The maximum absolute atomic E-state index is 5.22. The van der Waals surface area contributed by atoms with Crippen molar-refractivity contribution in [3.05, 3.63) is 6.61 Å². The maximum atomic E-state index is 5.22. The lowest BCUT2D eigenvalue weighted by molar-refractivity contribution is 0.0406. The summed E-state index contributed by atoms with van der Waals surface area (Å²) in [5.41, 5.74) is 5.22. The Hall–Kier alpha value is -0.0800. The van der Waals surface area contributed by atoms with E-state index in [1.807, 2.05) is 0 Å². The van der Waals surface area contributed by atoms with Crippen molar-refractivity contribution in [2.24, 2.45) is 11.7 Å². The molecule has 2 N–H and O–H groups in total. The first kappa shape index (κ1) is 4.09. The minimum atomic E-state index is 0.546. The first-order valence-corrected chi connectivity index (χ1v) is 2.08. The van der Waals surface area contributed by atoms with Crippen molar-refractivity contribution < 1.29 is 4.74 Å². The van der Waals surface area contributed by atoms with Gasteiger partial charge in [0.2, 0.25) is 0 Å². The van der Waals surface area contributed by atoms with Crippen molar-refractivity contribution in [1.82, 2.24) is 0 Å². The third-order valence-electron chi connectivity index (χ3n) is 0.902. The van der Waals surface area contributed by atoms with E-state index < -0.39 is 0 Å². The van der Waals surface area contributed by atoms with Crippen LogP contribution in [0.15, 0.2) is 0 Å². The molecule has 0 saturated carbocycles. The molecule has 1 saturated heterocycles. The van der Waals surface area contributed by atoms with Gasteiger partial charge in [0.25, 0.3) is 0 Å². The van der Waals surface area contributed by atoms with Crippen LogP contribution in [-0.2, 0) is 4.74 Å². The molecule has 1 fully saturated rings. The summed E-state index contributed by atoms with van der Waals surface area (Å²) in [4.78, 5) is 0. The molecule has 0 amide bonds. The van der Waals surface area contributed by atoms with Gasteiger partial charge in [-0.3, -0.25) is 0 Å². The molecule has 0 aliphatic carbocycles. The molecule has 1 rings (SSSR count). The van der Waals surface area contributed by atoms with Crippen LogP contribution >= 0.6 is 0 Å². The molecular formula is C4H8NO. The average molecular weight is 86.1 g/mol. The Morgan fingerprint density at radius 3 is 2.67 bits per heavy atom. The maximum Gasteiger partial charge on any atom is 0.0903 e. The summed E-state index contributed by atoms with van der Waals surface area (Å²) in [5, 5.41) is 0. The summed E-state index contributed by atoms with van der Waals surface area (Å²) < 4.78 is 4.72. The van der Waals surface area contributed by atoms with Gasteiger partial charge in [0.1, 0.15) is 0 Å². The molecular weight excluding hydrogens is 78.0 g/mol. The summed E-state index contributed by atoms with van der Waals surface area (Å²) >= 11 is 0. The van der Waals surface area contributed by atoms with E-state index in [4.69, 9.17) is 10.5 Å². The van der Waals surface area contributed by atoms with Crippen molar-refractivity contribution in [3.63, 3.8) is 0 Å². The van der Waals surface area contributed by atoms with Gasteiger partial charge in [-0.15, -0.1) is 0 Å². The zero-order valence-corrected chi connectivity index (χ0v) is 3.55. The molecule has 1 atom stereocenters. The summed E-state index contributed by atoms with van der Waals surface area (Å²) in [6.45, 7) is 3.34. The van der Waals surface area contributed by atoms with Crippen LogP contribution in [0, 0.1) is 12.5 Å². The van der Waals surface area contributed by atoms with E-state index in [9.17, 15) is 0 Å². The van der Waals surface area contributed by atoms with Gasteiger partial charge in [0.05, 0.1) is 13.2 Å². The van der Waals surface area contributed by atoms with Crippen LogP contribution in [0.1, 0.15) is 0 Å². The number of hydrogen-bond acceptors (Lipinski definition) is 2. The van der Waals surface area contributed by atoms with Crippen LogP contribution in [0.3, 0.4) is 0 Å². The van der Waals surface area contributed by atoms with Crippen LogP contribution in [-0.4, -0.2) is 13.2 Å². The zero-order valence-electron chi connectivity index (χ0n) is 3.55. The minimum Gasteiger partial charge on any atom is -0.375 e. The fraction of sp³-hybridized carbons (Fsp3) is 0.750. The normalized spacial score (nSPS) is 23.5. The lowest BCUT2D eigenvalue weighted by Crippen LogP contribution is -2.29. The van der Waals surface area contributed by atoms with Crippen molar-refractivity contribution in [2.45, 2.75) is 0 Å². The highest BCUT2D eigenvalue weighted by molar-refractivity contribution is 4.76. The monoisotopic (exact) mass is 86.1 g/mol. The van der Waals surface area contributed by atoms with Crippen molar-refractivity contribution >= 4 is 0 Å². The van der Waals surface area contributed by atoms with E-state index >= 15 is 0 Å². The Labute approximate surface area is 37.3 Å². The van der Waals surface area contributed by atoms with Gasteiger partial charge in [-0.2, -0.15) is 0 Å². The summed E-state index contributed by atoms with van der Waals surface area (Å²) in [6.07, 6.45) is 0. The molecule has 6 heavy (non-hydrogen) atoms. The quantitative estimate of drug-likeness (QED) is 0.477. The van der Waals surface area contributed by atoms with E-state index in [-0.39, 0.29) is 0 Å². The number of ether oxygens (including phenoxy) is 1. The molecule has 2 heteroatoms. The Bertz CT molecular complexity index is 40.1. The number of rotatable bonds is 1. The van der Waals surface area contributed by atoms with Gasteiger partial charge in [0.15, 0.2) is 0 Å². The SMILES string of the molecule is NCC1[CH]OC1. The zero-order chi connectivity index (χ0) is 4.41. The first-order chi connectivity index (χ1) is 2.93. The largest absolute Gasteiger partial charge is 0.375 e. The lowest BCUT2D eigenvalue weighted by Gasteiger charge is -2.22. The third-order valence-corrected chi connectivity index (χ3v) is 0.902. The van der Waals surface area contributed by atoms with Gasteiger partial charge >= 0.3 is 0 Å². The van der Waals surface area contributed by atoms with Crippen molar-refractivity contribution in [1.29, 1.82) is 0 Å². The molecule has 1 unspecified atom stereocenters. The molecule has 0 aromatic heterocycles. The van der Waals surface area contributed by atoms with E-state index in [0.29, 0.717) is 5.92 Å². The molecule has 1 heterocycles. The van der Waals surface area contributed by atoms with Gasteiger partial charge < -0.3 is 10.5 Å². The Morgan fingerprint density at radius 1 is 2.00 bits per heavy atom. The van der Waals surface area contributed by atoms with Gasteiger partial charge in [-0.05, 0) is 6.54 Å². The fourth-order valence-corrected chi connectivity index (χ4v) is 0.356. The van der Waals surface area contributed by atoms with E-state index in [1.165, 1.54) is 0 Å². The molecule has 0 bridgehead atoms. The second-order valence-electron chi connectivity index (χ2n) is 1.47. The van der Waals surface area contributed by atoms with Crippen LogP contribution in [0.5, 0.6) is 0 Å². The van der Waals surface area contributed by atoms with E-state index in [0.717, 1.165) is 13.2 Å². The molecule has 0 aromatic carbocycles. The molecule has 1 aliphatic rings. The van der Waals surface area contributed by atoms with Crippen LogP contribution in [0.25, 0.3) is 0 Å². The Balaban J connectivity index is 2.01. The summed E-state index contributed by atoms with van der Waals surface area (Å²) in [7, 11) is 0. The second-order valence-corrected chi connectivity index (χ2v) is 1.47. The van der Waals surface area contributed by atoms with Gasteiger partial charge in [0, 0.05) is 5.92 Å². The van der Waals surface area contributed by atoms with Crippen molar-refractivity contribution in [2.75, 3.05) is 13.2 Å². The Morgan fingerprint density at radius 2 is 2.67 bits per heavy atom. The van der Waals surface area contributed by atoms with Crippen LogP contribution in [0.4, 0.5) is 0 Å². The first-order valence-electron chi connectivity index (χ1n) is 2.08. The molecule has 2 nitrogen and oxygen atoms in total. The van der Waals surface area contributed by atoms with E-state index in [2.05, 4.69) is 0 Å². The molecule has 1 aliphatic heterocycles. The predicted octanol–water partition coefficient (Wildman–Crippen LogP) is -0.247. The third kappa shape index (κ3) is 0.533. The van der Waals surface area contributed by atoms with Crippen molar-refractivity contribution in [3.8, 4) is 0 Å². The highest BCUT2D eigenvalue weighted by atomic mass is 16.5. The van der Waals surface area contributed by atoms with Crippen LogP contribution < -0.4 is 5.73 Å². The smallest absolute Gasteiger partial charge is 0.0903 e. The molecule has 1 radical (unpaired) electrons.